The van der Waals surface area contributed by atoms with Gasteiger partial charge < -0.3 is 20.4 Å². The molecule has 0 aliphatic carbocycles. The van der Waals surface area contributed by atoms with Crippen LogP contribution in [0.3, 0.4) is 0 Å². The number of urea groups is 1. The Morgan fingerprint density at radius 3 is 2.18 bits per heavy atom. The maximum absolute atomic E-state index is 13.6. The molecule has 0 bridgehead atoms. The molecule has 180 valence electrons. The zero-order valence-corrected chi connectivity index (χ0v) is 20.8. The van der Waals surface area contributed by atoms with Gasteiger partial charge in [0.15, 0.2) is 0 Å². The first-order valence-electron chi connectivity index (χ1n) is 11.4. The summed E-state index contributed by atoms with van der Waals surface area (Å²) in [5.74, 6) is 0.0280. The fourth-order valence-electron chi connectivity index (χ4n) is 3.51. The fraction of sp³-hybridized carbons (Fsp3) is 0.462. The minimum Gasteiger partial charge on any atom is -0.377 e. The van der Waals surface area contributed by atoms with E-state index in [-0.39, 0.29) is 29.8 Å². The molecule has 6 nitrogen and oxygen atoms in total. The van der Waals surface area contributed by atoms with E-state index in [1.807, 2.05) is 58.0 Å². The minimum absolute atomic E-state index is 0.0372. The highest BCUT2D eigenvalue weighted by molar-refractivity contribution is 5.91. The molecule has 33 heavy (non-hydrogen) atoms. The summed E-state index contributed by atoms with van der Waals surface area (Å²) in [6.45, 7) is 10.5. The molecule has 0 saturated carbocycles. The van der Waals surface area contributed by atoms with Gasteiger partial charge in [0.1, 0.15) is 5.82 Å². The molecule has 2 aromatic rings. The summed E-state index contributed by atoms with van der Waals surface area (Å²) in [6, 6.07) is 11.2. The monoisotopic (exact) mass is 456 g/mol. The van der Waals surface area contributed by atoms with Crippen molar-refractivity contribution in [3.8, 4) is 0 Å². The Labute approximate surface area is 197 Å². The van der Waals surface area contributed by atoms with E-state index < -0.39 is 5.82 Å². The van der Waals surface area contributed by atoms with E-state index in [9.17, 15) is 14.0 Å². The molecule has 0 unspecified atom stereocenters. The lowest BCUT2D eigenvalue weighted by molar-refractivity contribution is -0.116. The summed E-state index contributed by atoms with van der Waals surface area (Å²) in [5.41, 5.74) is 2.97. The number of halogens is 1. The van der Waals surface area contributed by atoms with Gasteiger partial charge in [0.2, 0.25) is 5.91 Å². The Morgan fingerprint density at radius 2 is 1.61 bits per heavy atom. The van der Waals surface area contributed by atoms with E-state index >= 15 is 0 Å². The topological polar surface area (TPSA) is 64.7 Å². The lowest BCUT2D eigenvalue weighted by Gasteiger charge is -2.33. The lowest BCUT2D eigenvalue weighted by Crippen LogP contribution is -2.43. The average Bonchev–Trinajstić information content (AvgIpc) is 2.70. The molecule has 0 fully saturated rings. The van der Waals surface area contributed by atoms with E-state index in [0.717, 1.165) is 11.3 Å². The minimum atomic E-state index is -0.406. The van der Waals surface area contributed by atoms with E-state index in [2.05, 4.69) is 24.5 Å². The molecular weight excluding hydrogens is 419 g/mol. The number of anilines is 3. The van der Waals surface area contributed by atoms with Crippen LogP contribution in [0.4, 0.5) is 26.2 Å². The number of carbonyl (C=O) groups excluding carboxylic acids is 2. The third-order valence-electron chi connectivity index (χ3n) is 5.57. The van der Waals surface area contributed by atoms with Crippen molar-refractivity contribution in [1.82, 2.24) is 4.90 Å². The highest BCUT2D eigenvalue weighted by Gasteiger charge is 2.25. The quantitative estimate of drug-likeness (QED) is 0.490. The third kappa shape index (κ3) is 7.77. The van der Waals surface area contributed by atoms with Crippen LogP contribution in [-0.2, 0) is 11.3 Å². The first-order valence-corrected chi connectivity index (χ1v) is 11.4. The van der Waals surface area contributed by atoms with Crippen molar-refractivity contribution in [3.63, 3.8) is 0 Å². The van der Waals surface area contributed by atoms with Crippen LogP contribution in [0.5, 0.6) is 0 Å². The van der Waals surface area contributed by atoms with Gasteiger partial charge in [-0.15, -0.1) is 0 Å². The van der Waals surface area contributed by atoms with Gasteiger partial charge in [-0.25, -0.2) is 9.18 Å². The van der Waals surface area contributed by atoms with Gasteiger partial charge in [0.05, 0.1) is 0 Å². The van der Waals surface area contributed by atoms with E-state index in [0.29, 0.717) is 24.3 Å². The molecule has 2 aromatic carbocycles. The predicted molar refractivity (Wildman–Crippen MR) is 134 cm³/mol. The molecule has 3 amide bonds. The van der Waals surface area contributed by atoms with E-state index in [4.69, 9.17) is 0 Å². The Kier molecular flexibility index (Phi) is 9.26. The number of rotatable bonds is 9. The Hall–Kier alpha value is -3.09. The Balaban J connectivity index is 2.35. The van der Waals surface area contributed by atoms with Crippen LogP contribution >= 0.6 is 0 Å². The maximum atomic E-state index is 13.6. The number of hydrogen-bond donors (Lipinski definition) is 2. The summed E-state index contributed by atoms with van der Waals surface area (Å²) < 4.78 is 13.6. The second-order valence-corrected chi connectivity index (χ2v) is 9.44. The molecule has 2 N–H and O–H groups in total. The fourth-order valence-corrected chi connectivity index (χ4v) is 3.51. The summed E-state index contributed by atoms with van der Waals surface area (Å²) in [4.78, 5) is 29.3. The number of benzene rings is 2. The van der Waals surface area contributed by atoms with Crippen molar-refractivity contribution in [1.29, 1.82) is 0 Å². The molecule has 0 spiro atoms. The molecule has 7 heteroatoms. The van der Waals surface area contributed by atoms with Crippen LogP contribution < -0.4 is 15.5 Å². The largest absolute Gasteiger partial charge is 0.377 e. The van der Waals surface area contributed by atoms with Crippen LogP contribution in [0.1, 0.15) is 46.6 Å². The molecular formula is C26H37FN4O2. The summed E-state index contributed by atoms with van der Waals surface area (Å²) >= 11 is 0. The summed E-state index contributed by atoms with van der Waals surface area (Å²) in [6.07, 6.45) is 0.442. The van der Waals surface area contributed by atoms with Gasteiger partial charge in [0.25, 0.3) is 0 Å². The Bertz CT molecular complexity index is 959. The second-order valence-electron chi connectivity index (χ2n) is 9.44. The van der Waals surface area contributed by atoms with Crippen molar-refractivity contribution >= 4 is 29.0 Å². The van der Waals surface area contributed by atoms with Gasteiger partial charge >= 0.3 is 6.03 Å². The standard InChI is InChI=1S/C26H37FN4O2/c1-17(2)13-25(32)28-23-11-12-24(30(6)7)20(14-23)16-31(19(5)18(3)4)26(33)29-22-10-8-9-21(27)15-22/h8-12,14-15,17-19H,13,16H2,1-7H3,(H,28,32)(H,29,33)/t19-/m0/s1. The molecule has 0 aromatic heterocycles. The van der Waals surface area contributed by atoms with Crippen LogP contribution in [0.2, 0.25) is 0 Å². The van der Waals surface area contributed by atoms with Gasteiger partial charge in [-0.2, -0.15) is 0 Å². The third-order valence-corrected chi connectivity index (χ3v) is 5.57. The normalized spacial score (nSPS) is 11.9. The van der Waals surface area contributed by atoms with Gasteiger partial charge in [0, 0.05) is 50.2 Å². The maximum Gasteiger partial charge on any atom is 0.322 e. The highest BCUT2D eigenvalue weighted by atomic mass is 19.1. The predicted octanol–water partition coefficient (Wildman–Crippen LogP) is 5.95. The summed E-state index contributed by atoms with van der Waals surface area (Å²) in [7, 11) is 3.89. The molecule has 0 saturated heterocycles. The first kappa shape index (κ1) is 26.2. The number of amides is 3. The highest BCUT2D eigenvalue weighted by Crippen LogP contribution is 2.27. The number of nitrogens with one attached hydrogen (secondary N) is 2. The molecule has 2 rings (SSSR count). The van der Waals surface area contributed by atoms with Crippen LogP contribution in [0.15, 0.2) is 42.5 Å². The smallest absolute Gasteiger partial charge is 0.322 e. The molecule has 0 heterocycles. The first-order chi connectivity index (χ1) is 15.5. The number of carbonyl (C=O) groups is 2. The van der Waals surface area contributed by atoms with Crippen molar-refractivity contribution in [2.45, 2.75) is 53.6 Å². The van der Waals surface area contributed by atoms with Crippen molar-refractivity contribution in [2.75, 3.05) is 29.6 Å². The summed E-state index contributed by atoms with van der Waals surface area (Å²) in [5, 5.41) is 5.78. The molecule has 1 atom stereocenters. The van der Waals surface area contributed by atoms with Gasteiger partial charge in [-0.1, -0.05) is 33.8 Å². The molecule has 0 radical (unpaired) electrons. The van der Waals surface area contributed by atoms with Gasteiger partial charge in [-0.3, -0.25) is 4.79 Å². The van der Waals surface area contributed by atoms with Crippen molar-refractivity contribution in [3.05, 3.63) is 53.8 Å². The average molecular weight is 457 g/mol. The van der Waals surface area contributed by atoms with Crippen LogP contribution in [0, 0.1) is 17.7 Å². The number of hydrogen-bond acceptors (Lipinski definition) is 3. The van der Waals surface area contributed by atoms with Crippen LogP contribution in [-0.4, -0.2) is 37.0 Å². The Morgan fingerprint density at radius 1 is 0.939 bits per heavy atom. The van der Waals surface area contributed by atoms with E-state index in [1.54, 1.807) is 17.0 Å². The zero-order valence-electron chi connectivity index (χ0n) is 20.8. The zero-order chi connectivity index (χ0) is 24.7. The van der Waals surface area contributed by atoms with Gasteiger partial charge in [-0.05, 0) is 60.7 Å². The SMILES string of the molecule is CC(C)CC(=O)Nc1ccc(N(C)C)c(CN(C(=O)Nc2cccc(F)c2)[C@@H](C)C(C)C)c1. The molecule has 0 aliphatic heterocycles. The second kappa shape index (κ2) is 11.7. The van der Waals surface area contributed by atoms with Crippen molar-refractivity contribution < 1.29 is 14.0 Å². The molecule has 0 aliphatic rings. The number of nitrogens with zero attached hydrogens (tertiary/aromatic N) is 2. The van der Waals surface area contributed by atoms with Crippen LogP contribution in [0.25, 0.3) is 0 Å². The van der Waals surface area contributed by atoms with E-state index in [1.165, 1.54) is 12.1 Å². The van der Waals surface area contributed by atoms with Crippen molar-refractivity contribution in [2.24, 2.45) is 11.8 Å². The lowest BCUT2D eigenvalue weighted by atomic mass is 10.0.